The number of benzene rings is 3. The molecule has 3 aromatic carbocycles. The second-order valence-corrected chi connectivity index (χ2v) is 9.10. The van der Waals surface area contributed by atoms with Crippen LogP contribution < -0.4 is 24.5 Å². The second-order valence-electron chi connectivity index (χ2n) is 9.10. The number of rotatable bonds is 9. The monoisotopic (exact) mass is 501 g/mol. The van der Waals surface area contributed by atoms with E-state index in [1.54, 1.807) is 20.3 Å². The molecule has 0 bridgehead atoms. The number of methoxy groups -OCH3 is 2. The molecule has 1 aliphatic rings. The average Bonchev–Trinajstić information content (AvgIpc) is 2.91. The number of nitrogens with one attached hydrogen (secondary N) is 1. The molecule has 37 heavy (non-hydrogen) atoms. The molecule has 0 spiro atoms. The fourth-order valence-electron chi connectivity index (χ4n) is 4.45. The molecule has 194 valence electrons. The van der Waals surface area contributed by atoms with Crippen LogP contribution in [0.5, 0.6) is 17.2 Å². The Labute approximate surface area is 219 Å². The van der Waals surface area contributed by atoms with E-state index < -0.39 is 0 Å². The molecule has 0 unspecified atom stereocenters. The lowest BCUT2D eigenvalue weighted by Crippen LogP contribution is -2.53. The highest BCUT2D eigenvalue weighted by Crippen LogP contribution is 2.39. The molecule has 7 nitrogen and oxygen atoms in total. The number of ether oxygens (including phenoxy) is 3. The van der Waals surface area contributed by atoms with Gasteiger partial charge in [0.15, 0.2) is 11.5 Å². The maximum Gasteiger partial charge on any atom is 0.258 e. The van der Waals surface area contributed by atoms with Crippen molar-refractivity contribution >= 4 is 17.7 Å². The molecule has 7 heteroatoms. The van der Waals surface area contributed by atoms with Crippen LogP contribution in [0.3, 0.4) is 0 Å². The molecular weight excluding hydrogens is 466 g/mol. The standard InChI is InChI=1S/C30H35N3O4/c1-22-10-12-26(23(2)18-22)32-14-16-33(17-15-32)31-29(34)13-11-25-19-27(35-3)30(28(20-25)36-4)37-21-24-8-6-5-7-9-24/h5-13,18-20H,14-17,21H2,1-4H3,(H,31,34). The maximum absolute atomic E-state index is 12.6. The van der Waals surface area contributed by atoms with E-state index >= 15 is 0 Å². The third-order valence-electron chi connectivity index (χ3n) is 6.38. The predicted molar refractivity (Wildman–Crippen MR) is 147 cm³/mol. The van der Waals surface area contributed by atoms with Gasteiger partial charge in [-0.3, -0.25) is 10.2 Å². The summed E-state index contributed by atoms with van der Waals surface area (Å²) in [5.41, 5.74) is 8.61. The van der Waals surface area contributed by atoms with Gasteiger partial charge in [0.25, 0.3) is 5.91 Å². The summed E-state index contributed by atoms with van der Waals surface area (Å²) in [6.45, 7) is 7.86. The van der Waals surface area contributed by atoms with E-state index in [1.165, 1.54) is 22.9 Å². The zero-order valence-corrected chi connectivity index (χ0v) is 22.0. The smallest absolute Gasteiger partial charge is 0.258 e. The third kappa shape index (κ3) is 6.83. The van der Waals surface area contributed by atoms with Crippen molar-refractivity contribution in [3.8, 4) is 17.2 Å². The van der Waals surface area contributed by atoms with Crippen molar-refractivity contribution in [1.82, 2.24) is 10.4 Å². The number of carbonyl (C=O) groups excluding carboxylic acids is 1. The largest absolute Gasteiger partial charge is 0.493 e. The highest BCUT2D eigenvalue weighted by atomic mass is 16.5. The van der Waals surface area contributed by atoms with Crippen LogP contribution in [0.25, 0.3) is 6.08 Å². The van der Waals surface area contributed by atoms with Gasteiger partial charge in [-0.05, 0) is 54.8 Å². The number of nitrogens with zero attached hydrogens (tertiary/aromatic N) is 2. The summed E-state index contributed by atoms with van der Waals surface area (Å²) in [4.78, 5) is 15.0. The molecular formula is C30H35N3O4. The topological polar surface area (TPSA) is 63.3 Å². The number of hydrogen-bond acceptors (Lipinski definition) is 6. The van der Waals surface area contributed by atoms with Crippen LogP contribution in [-0.2, 0) is 11.4 Å². The van der Waals surface area contributed by atoms with Crippen LogP contribution in [0.15, 0.2) is 66.7 Å². The van der Waals surface area contributed by atoms with Crippen LogP contribution in [0, 0.1) is 13.8 Å². The number of piperazine rings is 1. The number of amides is 1. The zero-order valence-electron chi connectivity index (χ0n) is 22.0. The first-order valence-corrected chi connectivity index (χ1v) is 12.5. The van der Waals surface area contributed by atoms with Crippen molar-refractivity contribution in [2.24, 2.45) is 0 Å². The number of hydrazine groups is 1. The predicted octanol–water partition coefficient (Wildman–Crippen LogP) is 4.77. The third-order valence-corrected chi connectivity index (χ3v) is 6.38. The van der Waals surface area contributed by atoms with E-state index in [4.69, 9.17) is 14.2 Å². The Morgan fingerprint density at radius 3 is 2.22 bits per heavy atom. The fraction of sp³-hybridized carbons (Fsp3) is 0.300. The van der Waals surface area contributed by atoms with E-state index in [0.29, 0.717) is 23.9 Å². The minimum Gasteiger partial charge on any atom is -0.493 e. The number of anilines is 1. The number of hydrogen-bond donors (Lipinski definition) is 1. The summed E-state index contributed by atoms with van der Waals surface area (Å²) >= 11 is 0. The first-order chi connectivity index (χ1) is 18.0. The Morgan fingerprint density at radius 1 is 0.919 bits per heavy atom. The molecule has 0 saturated carbocycles. The molecule has 1 saturated heterocycles. The highest BCUT2D eigenvalue weighted by Gasteiger charge is 2.19. The van der Waals surface area contributed by atoms with E-state index in [-0.39, 0.29) is 5.91 Å². The van der Waals surface area contributed by atoms with Gasteiger partial charge in [0.05, 0.1) is 14.2 Å². The minimum atomic E-state index is -0.178. The Balaban J connectivity index is 1.35. The van der Waals surface area contributed by atoms with Crippen LogP contribution in [0.4, 0.5) is 5.69 Å². The van der Waals surface area contributed by atoms with Crippen molar-refractivity contribution in [3.05, 3.63) is 89.0 Å². The average molecular weight is 502 g/mol. The summed E-state index contributed by atoms with van der Waals surface area (Å²) in [5.74, 6) is 1.43. The van der Waals surface area contributed by atoms with Crippen molar-refractivity contribution in [1.29, 1.82) is 0 Å². The summed E-state index contributed by atoms with van der Waals surface area (Å²) < 4.78 is 17.1. The second kappa shape index (κ2) is 12.3. The fourth-order valence-corrected chi connectivity index (χ4v) is 4.45. The van der Waals surface area contributed by atoms with E-state index in [2.05, 4.69) is 42.4 Å². The van der Waals surface area contributed by atoms with Crippen molar-refractivity contribution in [2.45, 2.75) is 20.5 Å². The lowest BCUT2D eigenvalue weighted by molar-refractivity contribution is -0.121. The molecule has 1 heterocycles. The van der Waals surface area contributed by atoms with Crippen molar-refractivity contribution < 1.29 is 19.0 Å². The molecule has 1 fully saturated rings. The first-order valence-electron chi connectivity index (χ1n) is 12.5. The number of aryl methyl sites for hydroxylation is 2. The minimum absolute atomic E-state index is 0.178. The van der Waals surface area contributed by atoms with E-state index in [1.807, 2.05) is 47.5 Å². The Morgan fingerprint density at radius 2 is 1.59 bits per heavy atom. The quantitative estimate of drug-likeness (QED) is 0.427. The zero-order chi connectivity index (χ0) is 26.2. The van der Waals surface area contributed by atoms with Gasteiger partial charge < -0.3 is 19.1 Å². The summed E-state index contributed by atoms with van der Waals surface area (Å²) in [6.07, 6.45) is 3.27. The van der Waals surface area contributed by atoms with Gasteiger partial charge in [0.1, 0.15) is 6.61 Å². The van der Waals surface area contributed by atoms with E-state index in [0.717, 1.165) is 37.3 Å². The van der Waals surface area contributed by atoms with Gasteiger partial charge in [-0.25, -0.2) is 5.01 Å². The molecule has 4 rings (SSSR count). The van der Waals surface area contributed by atoms with Crippen LogP contribution >= 0.6 is 0 Å². The van der Waals surface area contributed by atoms with Crippen molar-refractivity contribution in [3.63, 3.8) is 0 Å². The number of carbonyl (C=O) groups is 1. The summed E-state index contributed by atoms with van der Waals surface area (Å²) in [6, 6.07) is 20.1. The van der Waals surface area contributed by atoms with Crippen LogP contribution in [0.1, 0.15) is 22.3 Å². The molecule has 1 N–H and O–H groups in total. The Hall–Kier alpha value is -3.97. The Kier molecular flexibility index (Phi) is 8.69. The molecule has 0 radical (unpaired) electrons. The van der Waals surface area contributed by atoms with Gasteiger partial charge >= 0.3 is 0 Å². The van der Waals surface area contributed by atoms with E-state index in [9.17, 15) is 4.79 Å². The highest BCUT2D eigenvalue weighted by molar-refractivity contribution is 5.91. The summed E-state index contributed by atoms with van der Waals surface area (Å²) in [5, 5.41) is 1.97. The maximum atomic E-state index is 12.6. The van der Waals surface area contributed by atoms with Gasteiger partial charge in [0.2, 0.25) is 5.75 Å². The van der Waals surface area contributed by atoms with Gasteiger partial charge in [-0.2, -0.15) is 0 Å². The lowest BCUT2D eigenvalue weighted by Gasteiger charge is -2.36. The van der Waals surface area contributed by atoms with Gasteiger partial charge in [0, 0.05) is 37.9 Å². The Bertz CT molecular complexity index is 1210. The first kappa shape index (κ1) is 26.1. The van der Waals surface area contributed by atoms with Gasteiger partial charge in [-0.15, -0.1) is 0 Å². The molecule has 0 atom stereocenters. The normalized spacial score (nSPS) is 14.0. The molecule has 0 aromatic heterocycles. The lowest BCUT2D eigenvalue weighted by atomic mass is 10.1. The molecule has 0 aliphatic carbocycles. The SMILES string of the molecule is COc1cc(C=CC(=O)NN2CCN(c3ccc(C)cc3C)CC2)cc(OC)c1OCc1ccccc1. The van der Waals surface area contributed by atoms with Gasteiger partial charge in [-0.1, -0.05) is 48.0 Å². The van der Waals surface area contributed by atoms with Crippen LogP contribution in [0.2, 0.25) is 0 Å². The van der Waals surface area contributed by atoms with Crippen molar-refractivity contribution in [2.75, 3.05) is 45.3 Å². The summed E-state index contributed by atoms with van der Waals surface area (Å²) in [7, 11) is 3.17. The molecule has 1 amide bonds. The molecule has 3 aromatic rings. The molecule has 1 aliphatic heterocycles. The van der Waals surface area contributed by atoms with Crippen LogP contribution in [-0.4, -0.2) is 51.3 Å².